The van der Waals surface area contributed by atoms with Crippen LogP contribution in [0, 0.1) is 0 Å². The van der Waals surface area contributed by atoms with Crippen molar-refractivity contribution in [1.82, 2.24) is 10.2 Å². The molecule has 0 saturated carbocycles. The fraction of sp³-hybridized carbons (Fsp3) is 0.250. The summed E-state index contributed by atoms with van der Waals surface area (Å²) < 4.78 is 6.67. The Bertz CT molecular complexity index is 759. The van der Waals surface area contributed by atoms with Crippen molar-refractivity contribution >= 4 is 21.5 Å². The highest BCUT2D eigenvalue weighted by atomic mass is 79.9. The maximum Gasteiger partial charge on any atom is 0.0927 e. The van der Waals surface area contributed by atoms with E-state index in [2.05, 4.69) is 50.9 Å². The van der Waals surface area contributed by atoms with Gasteiger partial charge in [-0.15, -0.1) is 0 Å². The van der Waals surface area contributed by atoms with E-state index in [9.17, 15) is 0 Å². The summed E-state index contributed by atoms with van der Waals surface area (Å²) in [5.74, 6) is 0. The lowest BCUT2D eigenvalue weighted by molar-refractivity contribution is 0.110. The van der Waals surface area contributed by atoms with Gasteiger partial charge in [-0.1, -0.05) is 52.4 Å². The molecule has 1 aromatic heterocycles. The molecule has 1 heterocycles. The first kappa shape index (κ1) is 18.4. The maximum absolute atomic E-state index is 5.63. The Morgan fingerprint density at radius 3 is 2.83 bits per heavy atom. The minimum atomic E-state index is 0.0254. The molecule has 0 aliphatic carbocycles. The Morgan fingerprint density at radius 1 is 1.38 bits per heavy atom. The van der Waals surface area contributed by atoms with Gasteiger partial charge in [0.15, 0.2) is 0 Å². The molecule has 1 aromatic carbocycles. The number of benzene rings is 1. The molecule has 0 fully saturated rings. The van der Waals surface area contributed by atoms with Gasteiger partial charge in [0.05, 0.1) is 17.5 Å². The fourth-order valence-corrected chi connectivity index (χ4v) is 2.70. The molecule has 0 amide bonds. The Balaban J connectivity index is 2.35. The van der Waals surface area contributed by atoms with Gasteiger partial charge in [-0.25, -0.2) is 0 Å². The molecule has 0 spiro atoms. The quantitative estimate of drug-likeness (QED) is 0.612. The SMILES string of the molecule is C=C(C)/C=C\C(=C/C(C)OCC)c1cc(-c2cccc(Br)c2)n[nH]1. The minimum absolute atomic E-state index is 0.0254. The third-order valence-electron chi connectivity index (χ3n) is 3.40. The highest BCUT2D eigenvalue weighted by Crippen LogP contribution is 2.25. The van der Waals surface area contributed by atoms with Crippen molar-refractivity contribution in [3.8, 4) is 11.3 Å². The number of hydrogen-bond donors (Lipinski definition) is 1. The number of halogens is 1. The van der Waals surface area contributed by atoms with E-state index in [1.807, 2.05) is 51.1 Å². The summed E-state index contributed by atoms with van der Waals surface area (Å²) in [6.45, 7) is 10.6. The first-order valence-corrected chi connectivity index (χ1v) is 8.77. The summed E-state index contributed by atoms with van der Waals surface area (Å²) in [4.78, 5) is 0. The van der Waals surface area contributed by atoms with Crippen LogP contribution in [-0.2, 0) is 4.74 Å². The second-order valence-corrected chi connectivity index (χ2v) is 6.56. The van der Waals surface area contributed by atoms with Crippen LogP contribution in [0.2, 0.25) is 0 Å². The smallest absolute Gasteiger partial charge is 0.0927 e. The van der Waals surface area contributed by atoms with Crippen molar-refractivity contribution in [3.63, 3.8) is 0 Å². The van der Waals surface area contributed by atoms with Crippen molar-refractivity contribution < 1.29 is 4.74 Å². The van der Waals surface area contributed by atoms with Gasteiger partial charge >= 0.3 is 0 Å². The van der Waals surface area contributed by atoms with Crippen LogP contribution in [-0.4, -0.2) is 22.9 Å². The molecular weight excluding hydrogens is 364 g/mol. The Kier molecular flexibility index (Phi) is 6.76. The summed E-state index contributed by atoms with van der Waals surface area (Å²) in [5, 5.41) is 7.57. The minimum Gasteiger partial charge on any atom is -0.375 e. The van der Waals surface area contributed by atoms with Crippen molar-refractivity contribution in [2.24, 2.45) is 0 Å². The van der Waals surface area contributed by atoms with Crippen molar-refractivity contribution in [2.75, 3.05) is 6.61 Å². The molecule has 2 rings (SSSR count). The Labute approximate surface area is 152 Å². The third-order valence-corrected chi connectivity index (χ3v) is 3.89. The molecule has 4 heteroatoms. The number of allylic oxidation sites excluding steroid dienone is 4. The zero-order chi connectivity index (χ0) is 17.5. The molecule has 1 atom stereocenters. The van der Waals surface area contributed by atoms with Crippen LogP contribution in [0.3, 0.4) is 0 Å². The Morgan fingerprint density at radius 2 is 2.17 bits per heavy atom. The van der Waals surface area contributed by atoms with Gasteiger partial charge in [0.2, 0.25) is 0 Å². The van der Waals surface area contributed by atoms with E-state index < -0.39 is 0 Å². The van der Waals surface area contributed by atoms with Gasteiger partial charge < -0.3 is 4.74 Å². The van der Waals surface area contributed by atoms with E-state index >= 15 is 0 Å². The molecule has 0 aliphatic heterocycles. The van der Waals surface area contributed by atoms with Crippen molar-refractivity contribution in [2.45, 2.75) is 26.9 Å². The number of aromatic nitrogens is 2. The second kappa shape index (κ2) is 8.81. The number of ether oxygens (including phenoxy) is 1. The topological polar surface area (TPSA) is 37.9 Å². The average Bonchev–Trinajstić information content (AvgIpc) is 3.01. The first-order valence-electron chi connectivity index (χ1n) is 7.98. The summed E-state index contributed by atoms with van der Waals surface area (Å²) in [6.07, 6.45) is 6.14. The summed E-state index contributed by atoms with van der Waals surface area (Å²) in [6, 6.07) is 10.1. The lowest BCUT2D eigenvalue weighted by atomic mass is 10.1. The number of hydrogen-bond acceptors (Lipinski definition) is 2. The standard InChI is InChI=1S/C20H23BrN2O/c1-5-24-15(4)11-17(10-9-14(2)3)20-13-19(22-23-20)16-7-6-8-18(21)12-16/h6-13,15H,2,5H2,1,3-4H3,(H,22,23)/b10-9-,17-11+. The molecule has 126 valence electrons. The molecule has 0 bridgehead atoms. The zero-order valence-electron chi connectivity index (χ0n) is 14.3. The van der Waals surface area contributed by atoms with Crippen LogP contribution in [0.15, 0.2) is 65.2 Å². The van der Waals surface area contributed by atoms with Crippen molar-refractivity contribution in [1.29, 1.82) is 0 Å². The molecule has 1 unspecified atom stereocenters. The normalized spacial score (nSPS) is 13.4. The highest BCUT2D eigenvalue weighted by molar-refractivity contribution is 9.10. The lowest BCUT2D eigenvalue weighted by Crippen LogP contribution is -2.04. The number of H-pyrrole nitrogens is 1. The predicted octanol–water partition coefficient (Wildman–Crippen LogP) is 5.78. The number of aromatic amines is 1. The third kappa shape index (κ3) is 5.32. The number of rotatable bonds is 7. The summed E-state index contributed by atoms with van der Waals surface area (Å²) in [5.41, 5.74) is 4.95. The van der Waals surface area contributed by atoms with Crippen LogP contribution in [0.1, 0.15) is 26.5 Å². The largest absolute Gasteiger partial charge is 0.375 e. The van der Waals surface area contributed by atoms with E-state index in [1.165, 1.54) is 0 Å². The molecular formula is C20H23BrN2O. The van der Waals surface area contributed by atoms with Crippen molar-refractivity contribution in [3.05, 3.63) is 70.9 Å². The molecule has 24 heavy (non-hydrogen) atoms. The van der Waals surface area contributed by atoms with Crippen LogP contribution in [0.25, 0.3) is 16.8 Å². The van der Waals surface area contributed by atoms with Crippen LogP contribution >= 0.6 is 15.9 Å². The van der Waals surface area contributed by atoms with Gasteiger partial charge in [0, 0.05) is 16.6 Å². The van der Waals surface area contributed by atoms with E-state index in [0.29, 0.717) is 6.61 Å². The van der Waals surface area contributed by atoms with Gasteiger partial charge in [0.1, 0.15) is 0 Å². The predicted molar refractivity (Wildman–Crippen MR) is 105 cm³/mol. The lowest BCUT2D eigenvalue weighted by Gasteiger charge is -2.08. The molecule has 3 nitrogen and oxygen atoms in total. The molecule has 0 radical (unpaired) electrons. The average molecular weight is 387 g/mol. The van der Waals surface area contributed by atoms with E-state index in [4.69, 9.17) is 4.74 Å². The van der Waals surface area contributed by atoms with E-state index in [1.54, 1.807) is 0 Å². The second-order valence-electron chi connectivity index (χ2n) is 5.64. The Hall–Kier alpha value is -1.91. The first-order chi connectivity index (χ1) is 11.5. The van der Waals surface area contributed by atoms with Gasteiger partial charge in [-0.2, -0.15) is 5.10 Å². The summed E-state index contributed by atoms with van der Waals surface area (Å²) >= 11 is 3.50. The monoisotopic (exact) mass is 386 g/mol. The van der Waals surface area contributed by atoms with Gasteiger partial charge in [-0.05, 0) is 50.6 Å². The molecule has 0 saturated heterocycles. The van der Waals surface area contributed by atoms with E-state index in [0.717, 1.165) is 32.6 Å². The zero-order valence-corrected chi connectivity index (χ0v) is 15.9. The maximum atomic E-state index is 5.63. The van der Waals surface area contributed by atoms with Crippen LogP contribution in [0.5, 0.6) is 0 Å². The highest BCUT2D eigenvalue weighted by Gasteiger charge is 2.08. The number of nitrogens with one attached hydrogen (secondary N) is 1. The number of nitrogens with zero attached hydrogens (tertiary/aromatic N) is 1. The van der Waals surface area contributed by atoms with Crippen LogP contribution < -0.4 is 0 Å². The molecule has 0 aliphatic rings. The molecule has 2 aromatic rings. The molecule has 1 N–H and O–H groups in total. The van der Waals surface area contributed by atoms with E-state index in [-0.39, 0.29) is 6.10 Å². The fourth-order valence-electron chi connectivity index (χ4n) is 2.30. The summed E-state index contributed by atoms with van der Waals surface area (Å²) in [7, 11) is 0. The van der Waals surface area contributed by atoms with Gasteiger partial charge in [-0.3, -0.25) is 5.10 Å². The van der Waals surface area contributed by atoms with Gasteiger partial charge in [0.25, 0.3) is 0 Å². The van der Waals surface area contributed by atoms with Crippen LogP contribution in [0.4, 0.5) is 0 Å².